The Kier molecular flexibility index (Phi) is 4.60. The van der Waals surface area contributed by atoms with Gasteiger partial charge in [0, 0.05) is 42.8 Å². The number of nitrogens with zero attached hydrogens (tertiary/aromatic N) is 6. The molecule has 4 rings (SSSR count). The molecule has 8 heteroatoms. The lowest BCUT2D eigenvalue weighted by atomic mass is 10.1. The van der Waals surface area contributed by atoms with Crippen molar-refractivity contribution in [3.63, 3.8) is 0 Å². The summed E-state index contributed by atoms with van der Waals surface area (Å²) in [5.74, 6) is 1.95. The highest BCUT2D eigenvalue weighted by molar-refractivity contribution is 5.88. The summed E-state index contributed by atoms with van der Waals surface area (Å²) in [7, 11) is 3.50. The summed E-state index contributed by atoms with van der Waals surface area (Å²) in [6.07, 6.45) is 5.22. The van der Waals surface area contributed by atoms with Gasteiger partial charge in [-0.1, -0.05) is 0 Å². The number of aryl methyl sites for hydroxylation is 3. The van der Waals surface area contributed by atoms with Crippen molar-refractivity contribution in [3.05, 3.63) is 53.6 Å². The first-order chi connectivity index (χ1) is 13.6. The summed E-state index contributed by atoms with van der Waals surface area (Å²) in [5, 5.41) is 8.61. The molecular weight excluding hydrogens is 354 g/mol. The average molecular weight is 375 g/mol. The Balaban J connectivity index is 1.75. The van der Waals surface area contributed by atoms with E-state index < -0.39 is 0 Å². The number of aromatic nitrogens is 6. The van der Waals surface area contributed by atoms with Crippen molar-refractivity contribution in [1.29, 1.82) is 0 Å². The molecule has 4 aromatic rings. The lowest BCUT2D eigenvalue weighted by Crippen LogP contribution is -2.08. The number of methoxy groups -OCH3 is 1. The molecule has 0 spiro atoms. The molecule has 1 N–H and O–H groups in total. The maximum Gasteiger partial charge on any atom is 0.218 e. The molecule has 4 aromatic heterocycles. The van der Waals surface area contributed by atoms with Crippen molar-refractivity contribution in [3.8, 4) is 17.3 Å². The lowest BCUT2D eigenvalue weighted by Gasteiger charge is -2.14. The van der Waals surface area contributed by atoms with Crippen molar-refractivity contribution in [2.45, 2.75) is 20.4 Å². The predicted molar refractivity (Wildman–Crippen MR) is 107 cm³/mol. The van der Waals surface area contributed by atoms with Gasteiger partial charge in [0.05, 0.1) is 18.7 Å². The summed E-state index contributed by atoms with van der Waals surface area (Å²) in [4.78, 5) is 17.9. The van der Waals surface area contributed by atoms with Crippen LogP contribution in [0.15, 0.2) is 36.8 Å². The van der Waals surface area contributed by atoms with Gasteiger partial charge in [-0.05, 0) is 37.6 Å². The molecule has 0 saturated heterocycles. The van der Waals surface area contributed by atoms with E-state index in [0.29, 0.717) is 24.1 Å². The van der Waals surface area contributed by atoms with Crippen LogP contribution in [0, 0.1) is 13.8 Å². The van der Waals surface area contributed by atoms with Crippen LogP contribution in [0.4, 0.5) is 5.82 Å². The van der Waals surface area contributed by atoms with Crippen molar-refractivity contribution in [1.82, 2.24) is 29.7 Å². The Labute approximate surface area is 162 Å². The van der Waals surface area contributed by atoms with Gasteiger partial charge < -0.3 is 10.1 Å². The first kappa shape index (κ1) is 17.8. The molecule has 0 aliphatic heterocycles. The summed E-state index contributed by atoms with van der Waals surface area (Å²) in [6, 6.07) is 5.82. The normalized spacial score (nSPS) is 11.0. The third-order valence-corrected chi connectivity index (χ3v) is 4.59. The number of anilines is 1. The van der Waals surface area contributed by atoms with Gasteiger partial charge in [-0.2, -0.15) is 5.10 Å². The first-order valence-corrected chi connectivity index (χ1v) is 8.92. The van der Waals surface area contributed by atoms with Gasteiger partial charge in [-0.3, -0.25) is 9.67 Å². The fourth-order valence-electron chi connectivity index (χ4n) is 3.17. The fraction of sp³-hybridized carbons (Fsp3) is 0.250. The van der Waals surface area contributed by atoms with Crippen molar-refractivity contribution in [2.24, 2.45) is 7.05 Å². The van der Waals surface area contributed by atoms with Crippen molar-refractivity contribution >= 4 is 16.9 Å². The molecule has 0 radical (unpaired) electrons. The van der Waals surface area contributed by atoms with E-state index in [-0.39, 0.29) is 0 Å². The fourth-order valence-corrected chi connectivity index (χ4v) is 3.17. The molecule has 0 amide bonds. The lowest BCUT2D eigenvalue weighted by molar-refractivity contribution is 0.391. The van der Waals surface area contributed by atoms with Gasteiger partial charge in [0.2, 0.25) is 5.88 Å². The summed E-state index contributed by atoms with van der Waals surface area (Å²) in [6.45, 7) is 4.53. The van der Waals surface area contributed by atoms with Gasteiger partial charge in [-0.25, -0.2) is 15.0 Å². The van der Waals surface area contributed by atoms with Crippen LogP contribution in [0.1, 0.15) is 16.8 Å². The minimum atomic E-state index is 0.527. The molecule has 8 nitrogen and oxygen atoms in total. The molecule has 0 bridgehead atoms. The van der Waals surface area contributed by atoms with Gasteiger partial charge in [0.15, 0.2) is 11.5 Å². The van der Waals surface area contributed by atoms with E-state index in [0.717, 1.165) is 33.4 Å². The number of fused-ring (bicyclic) bond motifs is 1. The van der Waals surface area contributed by atoms with Crippen molar-refractivity contribution < 1.29 is 4.74 Å². The Morgan fingerprint density at radius 1 is 1.11 bits per heavy atom. The van der Waals surface area contributed by atoms with Crippen LogP contribution < -0.4 is 10.1 Å². The highest BCUT2D eigenvalue weighted by Crippen LogP contribution is 2.26. The number of ether oxygens (including phenoxy) is 1. The quantitative estimate of drug-likeness (QED) is 0.573. The van der Waals surface area contributed by atoms with E-state index in [1.165, 1.54) is 0 Å². The summed E-state index contributed by atoms with van der Waals surface area (Å²) < 4.78 is 7.22. The molecule has 0 unspecified atom stereocenters. The molecule has 28 heavy (non-hydrogen) atoms. The molecule has 0 aliphatic rings. The Morgan fingerprint density at radius 2 is 1.89 bits per heavy atom. The van der Waals surface area contributed by atoms with Crippen LogP contribution in [0.5, 0.6) is 5.88 Å². The number of pyridine rings is 2. The first-order valence-electron chi connectivity index (χ1n) is 8.92. The Hall–Kier alpha value is -3.55. The summed E-state index contributed by atoms with van der Waals surface area (Å²) >= 11 is 0. The zero-order chi connectivity index (χ0) is 19.7. The molecule has 0 aliphatic carbocycles. The second-order valence-electron chi connectivity index (χ2n) is 6.56. The standard InChI is InChI=1S/C20H21N7O/c1-12-9-13(2)24-20(28-4)15(12)10-22-18-16-11-23-27(3)19(16)26-17(25-18)14-5-7-21-8-6-14/h5-9,11H,10H2,1-4H3,(H,22,25,26). The molecule has 0 aromatic carbocycles. The van der Waals surface area contributed by atoms with Gasteiger partial charge >= 0.3 is 0 Å². The summed E-state index contributed by atoms with van der Waals surface area (Å²) in [5.41, 5.74) is 4.69. The second kappa shape index (κ2) is 7.22. The minimum absolute atomic E-state index is 0.527. The monoisotopic (exact) mass is 375 g/mol. The molecule has 142 valence electrons. The van der Waals surface area contributed by atoms with Crippen LogP contribution in [-0.4, -0.2) is 36.8 Å². The molecule has 0 fully saturated rings. The molecule has 0 atom stereocenters. The third kappa shape index (κ3) is 3.24. The van der Waals surface area contributed by atoms with E-state index in [4.69, 9.17) is 9.72 Å². The number of hydrogen-bond acceptors (Lipinski definition) is 7. The maximum absolute atomic E-state index is 5.47. The molecule has 4 heterocycles. The van der Waals surface area contributed by atoms with Gasteiger partial charge in [0.25, 0.3) is 0 Å². The molecular formula is C20H21N7O. The highest BCUT2D eigenvalue weighted by atomic mass is 16.5. The Morgan fingerprint density at radius 3 is 2.64 bits per heavy atom. The third-order valence-electron chi connectivity index (χ3n) is 4.59. The number of rotatable bonds is 5. The Bertz CT molecular complexity index is 1140. The van der Waals surface area contributed by atoms with E-state index >= 15 is 0 Å². The van der Waals surface area contributed by atoms with Crippen LogP contribution in [0.2, 0.25) is 0 Å². The zero-order valence-electron chi connectivity index (χ0n) is 16.3. The van der Waals surface area contributed by atoms with Crippen LogP contribution in [0.3, 0.4) is 0 Å². The highest BCUT2D eigenvalue weighted by Gasteiger charge is 2.15. The largest absolute Gasteiger partial charge is 0.481 e. The van der Waals surface area contributed by atoms with Crippen LogP contribution >= 0.6 is 0 Å². The number of hydrogen-bond donors (Lipinski definition) is 1. The van der Waals surface area contributed by atoms with Crippen LogP contribution in [-0.2, 0) is 13.6 Å². The average Bonchev–Trinajstić information content (AvgIpc) is 3.08. The zero-order valence-corrected chi connectivity index (χ0v) is 16.3. The SMILES string of the molecule is COc1nc(C)cc(C)c1CNc1nc(-c2ccncc2)nc2c1cnn2C. The predicted octanol–water partition coefficient (Wildman–Crippen LogP) is 3.06. The van der Waals surface area contributed by atoms with E-state index in [1.807, 2.05) is 32.2 Å². The van der Waals surface area contributed by atoms with E-state index in [9.17, 15) is 0 Å². The number of nitrogens with one attached hydrogen (secondary N) is 1. The van der Waals surface area contributed by atoms with Gasteiger partial charge in [0.1, 0.15) is 5.82 Å². The van der Waals surface area contributed by atoms with Crippen LogP contribution in [0.25, 0.3) is 22.4 Å². The topological polar surface area (TPSA) is 90.6 Å². The maximum atomic E-state index is 5.47. The van der Waals surface area contributed by atoms with Crippen molar-refractivity contribution in [2.75, 3.05) is 12.4 Å². The minimum Gasteiger partial charge on any atom is -0.481 e. The smallest absolute Gasteiger partial charge is 0.218 e. The molecule has 0 saturated carbocycles. The van der Waals surface area contributed by atoms with E-state index in [2.05, 4.69) is 32.3 Å². The second-order valence-corrected chi connectivity index (χ2v) is 6.56. The van der Waals surface area contributed by atoms with E-state index in [1.54, 1.807) is 30.4 Å². The van der Waals surface area contributed by atoms with Gasteiger partial charge in [-0.15, -0.1) is 0 Å².